The van der Waals surface area contributed by atoms with E-state index in [0.717, 1.165) is 31.9 Å². The zero-order chi connectivity index (χ0) is 29.4. The van der Waals surface area contributed by atoms with Crippen molar-refractivity contribution in [3.8, 4) is 11.5 Å². The Labute approximate surface area is 242 Å². The molecule has 12 heteroatoms. The van der Waals surface area contributed by atoms with Gasteiger partial charge in [0.2, 0.25) is 18.6 Å². The number of nitro groups is 1. The summed E-state index contributed by atoms with van der Waals surface area (Å²) in [5.41, 5.74) is 3.26. The number of rotatable bonds is 7. The van der Waals surface area contributed by atoms with Gasteiger partial charge in [0, 0.05) is 56.6 Å². The lowest BCUT2D eigenvalue weighted by Crippen LogP contribution is -2.48. The molecule has 3 aliphatic rings. The second-order valence-electron chi connectivity index (χ2n) is 10.6. The van der Waals surface area contributed by atoms with E-state index in [9.17, 15) is 19.7 Å². The van der Waals surface area contributed by atoms with Crippen molar-refractivity contribution >= 4 is 40.3 Å². The van der Waals surface area contributed by atoms with Gasteiger partial charge in [0.05, 0.1) is 28.6 Å². The molecule has 1 N–H and O–H groups in total. The Hall–Kier alpha value is -4.81. The maximum atomic E-state index is 13.3. The molecule has 0 radical (unpaired) electrons. The first kappa shape index (κ1) is 27.4. The van der Waals surface area contributed by atoms with E-state index in [-0.39, 0.29) is 24.3 Å². The molecule has 6 rings (SSSR count). The first-order valence-electron chi connectivity index (χ1n) is 13.6. The van der Waals surface area contributed by atoms with E-state index in [4.69, 9.17) is 14.5 Å². The van der Waals surface area contributed by atoms with Crippen molar-refractivity contribution in [2.24, 2.45) is 4.99 Å². The second-order valence-corrected chi connectivity index (χ2v) is 10.6. The number of likely N-dealkylation sites (N-methyl/N-ethyl adjacent to an activating group) is 2. The van der Waals surface area contributed by atoms with Gasteiger partial charge >= 0.3 is 0 Å². The van der Waals surface area contributed by atoms with Crippen molar-refractivity contribution in [2.45, 2.75) is 5.92 Å². The van der Waals surface area contributed by atoms with Crippen LogP contribution in [-0.4, -0.2) is 85.9 Å². The van der Waals surface area contributed by atoms with E-state index >= 15 is 0 Å². The highest BCUT2D eigenvalue weighted by Gasteiger charge is 2.37. The Morgan fingerprint density at radius 2 is 1.79 bits per heavy atom. The van der Waals surface area contributed by atoms with Crippen molar-refractivity contribution in [3.63, 3.8) is 0 Å². The van der Waals surface area contributed by atoms with Crippen LogP contribution in [0.25, 0.3) is 0 Å². The monoisotopic (exact) mass is 570 g/mol. The van der Waals surface area contributed by atoms with Crippen LogP contribution in [0.3, 0.4) is 0 Å². The Kier molecular flexibility index (Phi) is 7.31. The van der Waals surface area contributed by atoms with Crippen molar-refractivity contribution in [3.05, 3.63) is 81.9 Å². The maximum absolute atomic E-state index is 13.3. The minimum Gasteiger partial charge on any atom is -0.454 e. The lowest BCUT2D eigenvalue weighted by atomic mass is 9.90. The normalized spacial score (nSPS) is 18.5. The third kappa shape index (κ3) is 5.41. The molecule has 0 spiro atoms. The van der Waals surface area contributed by atoms with Crippen LogP contribution in [-0.2, 0) is 9.59 Å². The molecular formula is C30H30N6O6. The quantitative estimate of drug-likeness (QED) is 0.260. The highest BCUT2D eigenvalue weighted by Crippen LogP contribution is 2.40. The number of hydrogen-bond donors (Lipinski definition) is 1. The molecule has 0 aliphatic carbocycles. The number of fused-ring (bicyclic) bond motifs is 2. The molecule has 12 nitrogen and oxygen atoms in total. The van der Waals surface area contributed by atoms with E-state index in [1.54, 1.807) is 42.3 Å². The number of ether oxygens (including phenoxy) is 2. The number of piperazine rings is 1. The Balaban J connectivity index is 1.30. The number of benzene rings is 3. The number of hydrogen-bond acceptors (Lipinski definition) is 9. The van der Waals surface area contributed by atoms with E-state index in [2.05, 4.69) is 22.2 Å². The molecule has 1 atom stereocenters. The zero-order valence-electron chi connectivity index (χ0n) is 23.3. The first-order valence-corrected chi connectivity index (χ1v) is 13.6. The summed E-state index contributed by atoms with van der Waals surface area (Å²) in [6.07, 6.45) is 0. The minimum absolute atomic E-state index is 0.00480. The van der Waals surface area contributed by atoms with Gasteiger partial charge in [-0.25, -0.2) is 0 Å². The highest BCUT2D eigenvalue weighted by atomic mass is 16.7. The molecule has 1 unspecified atom stereocenters. The molecule has 42 heavy (non-hydrogen) atoms. The van der Waals surface area contributed by atoms with Gasteiger partial charge in [0.15, 0.2) is 11.5 Å². The van der Waals surface area contributed by atoms with Crippen LogP contribution in [0, 0.1) is 10.1 Å². The van der Waals surface area contributed by atoms with Crippen LogP contribution in [0.1, 0.15) is 17.0 Å². The third-order valence-electron chi connectivity index (χ3n) is 7.84. The Morgan fingerprint density at radius 3 is 2.52 bits per heavy atom. The molecular weight excluding hydrogens is 540 g/mol. The topological polar surface area (TPSA) is 130 Å². The van der Waals surface area contributed by atoms with E-state index in [1.165, 1.54) is 12.1 Å². The number of anilines is 2. The van der Waals surface area contributed by atoms with Crippen molar-refractivity contribution < 1.29 is 24.0 Å². The molecule has 2 amide bonds. The molecule has 1 fully saturated rings. The van der Waals surface area contributed by atoms with Crippen molar-refractivity contribution in [1.82, 2.24) is 9.80 Å². The number of nitro benzene ring substituents is 1. The number of nitrogens with zero attached hydrogens (tertiary/aromatic N) is 5. The molecule has 3 aromatic carbocycles. The Bertz CT molecular complexity index is 1580. The summed E-state index contributed by atoms with van der Waals surface area (Å²) in [6, 6.07) is 16.9. The number of nitrogens with one attached hydrogen (secondary N) is 1. The molecule has 0 aromatic heterocycles. The molecule has 216 valence electrons. The van der Waals surface area contributed by atoms with Gasteiger partial charge in [-0.2, -0.15) is 0 Å². The van der Waals surface area contributed by atoms with Gasteiger partial charge in [-0.3, -0.25) is 29.6 Å². The predicted octanol–water partition coefficient (Wildman–Crippen LogP) is 3.39. The van der Waals surface area contributed by atoms with E-state index < -0.39 is 10.8 Å². The lowest BCUT2D eigenvalue weighted by molar-refractivity contribution is -0.384. The summed E-state index contributed by atoms with van der Waals surface area (Å²) in [5.74, 6) is -0.0105. The molecule has 3 aromatic rings. The van der Waals surface area contributed by atoms with E-state index in [0.29, 0.717) is 46.3 Å². The fourth-order valence-electron chi connectivity index (χ4n) is 5.32. The van der Waals surface area contributed by atoms with Gasteiger partial charge in [-0.1, -0.05) is 0 Å². The van der Waals surface area contributed by atoms with Crippen LogP contribution in [0.2, 0.25) is 0 Å². The fraction of sp³-hybridized carbons (Fsp3) is 0.300. The molecule has 0 bridgehead atoms. The summed E-state index contributed by atoms with van der Waals surface area (Å²) in [6.45, 7) is 4.05. The van der Waals surface area contributed by atoms with Crippen LogP contribution >= 0.6 is 0 Å². The van der Waals surface area contributed by atoms with Gasteiger partial charge in [0.25, 0.3) is 5.69 Å². The number of aliphatic imine (C=N–C) groups is 1. The van der Waals surface area contributed by atoms with Crippen molar-refractivity contribution in [1.29, 1.82) is 0 Å². The summed E-state index contributed by atoms with van der Waals surface area (Å²) < 4.78 is 11.0. The summed E-state index contributed by atoms with van der Waals surface area (Å²) in [7, 11) is 3.84. The third-order valence-corrected chi connectivity index (χ3v) is 7.84. The summed E-state index contributed by atoms with van der Waals surface area (Å²) in [4.78, 5) is 48.0. The largest absolute Gasteiger partial charge is 0.454 e. The number of carbonyl (C=O) groups excluding carboxylic acids is 2. The SMILES string of the molecule is CN1CCN(CC(=O)N(C)c2ccc(N=C(c3ccc4c(c3)OCO4)C3C(=O)Nc4cc([N+](=O)[O-])ccc43)cc2)CC1. The average molecular weight is 571 g/mol. The van der Waals surface area contributed by atoms with Crippen LogP contribution in [0.4, 0.5) is 22.7 Å². The minimum atomic E-state index is -0.811. The smallest absolute Gasteiger partial charge is 0.271 e. The first-order chi connectivity index (χ1) is 20.3. The van der Waals surface area contributed by atoms with E-state index in [1.807, 2.05) is 18.2 Å². The van der Waals surface area contributed by atoms with Crippen LogP contribution in [0.5, 0.6) is 11.5 Å². The van der Waals surface area contributed by atoms with Crippen LogP contribution in [0.15, 0.2) is 65.7 Å². The van der Waals surface area contributed by atoms with Gasteiger partial charge in [-0.15, -0.1) is 0 Å². The molecule has 0 saturated carbocycles. The number of amides is 2. The standard InChI is InChI=1S/C30H30N6O6/c1-33-11-13-35(14-12-33)17-27(37)34(2)21-6-4-20(5-7-21)31-29(19-3-10-25-26(15-19)42-18-41-25)28-23-9-8-22(36(39)40)16-24(23)32-30(28)38/h3-10,15-16,28H,11-14,17-18H2,1-2H3,(H,32,38). The second kappa shape index (κ2) is 11.2. The molecule has 3 aliphatic heterocycles. The lowest BCUT2D eigenvalue weighted by Gasteiger charge is -2.32. The number of non-ortho nitro benzene ring substituents is 1. The average Bonchev–Trinajstić information content (AvgIpc) is 3.59. The van der Waals surface area contributed by atoms with Gasteiger partial charge in [-0.05, 0) is 61.1 Å². The molecule has 1 saturated heterocycles. The van der Waals surface area contributed by atoms with Gasteiger partial charge in [0.1, 0.15) is 5.92 Å². The highest BCUT2D eigenvalue weighted by molar-refractivity contribution is 6.24. The van der Waals surface area contributed by atoms with Crippen LogP contribution < -0.4 is 19.7 Å². The zero-order valence-corrected chi connectivity index (χ0v) is 23.3. The van der Waals surface area contributed by atoms with Gasteiger partial charge < -0.3 is 24.6 Å². The number of carbonyl (C=O) groups is 2. The van der Waals surface area contributed by atoms with Crippen molar-refractivity contribution in [2.75, 3.05) is 63.8 Å². The maximum Gasteiger partial charge on any atom is 0.271 e. The predicted molar refractivity (Wildman–Crippen MR) is 157 cm³/mol. The Morgan fingerprint density at radius 1 is 1.05 bits per heavy atom. The fourth-order valence-corrected chi connectivity index (χ4v) is 5.32. The summed E-state index contributed by atoms with van der Waals surface area (Å²) in [5, 5.41) is 14.1. The molecule has 3 heterocycles. The summed E-state index contributed by atoms with van der Waals surface area (Å²) >= 11 is 0.